The van der Waals surface area contributed by atoms with E-state index in [0.717, 1.165) is 5.69 Å². The van der Waals surface area contributed by atoms with Crippen molar-refractivity contribution in [1.29, 1.82) is 0 Å². The van der Waals surface area contributed by atoms with Gasteiger partial charge in [-0.1, -0.05) is 0 Å². The van der Waals surface area contributed by atoms with Gasteiger partial charge >= 0.3 is 0 Å². The van der Waals surface area contributed by atoms with Gasteiger partial charge in [-0.3, -0.25) is 4.79 Å². The first-order valence-electron chi connectivity index (χ1n) is 7.43. The molecule has 1 aliphatic rings. The zero-order valence-corrected chi connectivity index (χ0v) is 12.3. The zero-order valence-electron chi connectivity index (χ0n) is 12.3. The number of hydrogen-bond donors (Lipinski definition) is 2. The monoisotopic (exact) mass is 300 g/mol. The van der Waals surface area contributed by atoms with E-state index in [1.54, 1.807) is 17.4 Å². The van der Waals surface area contributed by atoms with Crippen LogP contribution in [0.2, 0.25) is 0 Å². The molecule has 3 N–H and O–H groups in total. The van der Waals surface area contributed by atoms with Crippen LogP contribution in [-0.2, 0) is 0 Å². The molecule has 116 valence electrons. The molecule has 1 aromatic carbocycles. The minimum Gasteiger partial charge on any atom is -0.396 e. The summed E-state index contributed by atoms with van der Waals surface area (Å²) in [5.74, 6) is 0.173. The number of aromatic nitrogens is 2. The van der Waals surface area contributed by atoms with Crippen LogP contribution in [-0.4, -0.2) is 51.2 Å². The molecule has 0 saturated carbocycles. The Morgan fingerprint density at radius 3 is 2.73 bits per heavy atom. The van der Waals surface area contributed by atoms with Gasteiger partial charge in [-0.2, -0.15) is 0 Å². The third-order valence-corrected chi connectivity index (χ3v) is 4.20. The smallest absolute Gasteiger partial charge is 0.253 e. The van der Waals surface area contributed by atoms with Crippen LogP contribution in [0.1, 0.15) is 16.8 Å². The van der Waals surface area contributed by atoms with Crippen LogP contribution in [0.4, 0.5) is 0 Å². The Morgan fingerprint density at radius 2 is 2.09 bits per heavy atom. The second-order valence-electron chi connectivity index (χ2n) is 5.66. The summed E-state index contributed by atoms with van der Waals surface area (Å²) in [6.45, 7) is 1.27. The van der Waals surface area contributed by atoms with Crippen molar-refractivity contribution in [2.45, 2.75) is 12.5 Å². The molecular formula is C16H20N4O2. The lowest BCUT2D eigenvalue weighted by molar-refractivity contribution is 0.0784. The van der Waals surface area contributed by atoms with Crippen molar-refractivity contribution in [2.75, 3.05) is 19.7 Å². The van der Waals surface area contributed by atoms with Gasteiger partial charge < -0.3 is 20.3 Å². The third kappa shape index (κ3) is 2.88. The standard InChI is InChI=1S/C16H20N4O2/c17-15-10-20(9-13(15)5-8-21)16(22)12-1-3-14(4-2-12)19-7-6-18-11-19/h1-4,6-7,11,13,15,21H,5,8-10,17H2/t13-,15-/m0/s1. The van der Waals surface area contributed by atoms with E-state index in [0.29, 0.717) is 25.1 Å². The molecule has 2 aromatic rings. The normalized spacial score (nSPS) is 21.3. The Kier molecular flexibility index (Phi) is 4.22. The predicted molar refractivity (Wildman–Crippen MR) is 82.6 cm³/mol. The number of likely N-dealkylation sites (tertiary alicyclic amines) is 1. The molecule has 0 aliphatic carbocycles. The Morgan fingerprint density at radius 1 is 1.32 bits per heavy atom. The van der Waals surface area contributed by atoms with Crippen LogP contribution in [0.25, 0.3) is 5.69 Å². The van der Waals surface area contributed by atoms with E-state index in [-0.39, 0.29) is 24.5 Å². The highest BCUT2D eigenvalue weighted by molar-refractivity contribution is 5.94. The molecule has 0 radical (unpaired) electrons. The Hall–Kier alpha value is -2.18. The highest BCUT2D eigenvalue weighted by Gasteiger charge is 2.32. The maximum atomic E-state index is 12.5. The summed E-state index contributed by atoms with van der Waals surface area (Å²) in [6, 6.07) is 7.39. The quantitative estimate of drug-likeness (QED) is 0.868. The number of carbonyl (C=O) groups excluding carboxylic acids is 1. The molecule has 6 nitrogen and oxygen atoms in total. The molecule has 3 rings (SSSR count). The minimum absolute atomic E-state index is 0.00642. The van der Waals surface area contributed by atoms with Gasteiger partial charge in [-0.15, -0.1) is 0 Å². The van der Waals surface area contributed by atoms with Crippen LogP contribution in [0.15, 0.2) is 43.0 Å². The number of imidazole rings is 1. The van der Waals surface area contributed by atoms with E-state index in [9.17, 15) is 4.79 Å². The molecule has 0 bridgehead atoms. The van der Waals surface area contributed by atoms with Crippen molar-refractivity contribution in [3.63, 3.8) is 0 Å². The van der Waals surface area contributed by atoms with Crippen molar-refractivity contribution in [1.82, 2.24) is 14.5 Å². The van der Waals surface area contributed by atoms with E-state index in [1.807, 2.05) is 35.0 Å². The van der Waals surface area contributed by atoms with Gasteiger partial charge in [0.1, 0.15) is 0 Å². The number of nitrogens with zero attached hydrogens (tertiary/aromatic N) is 3. The van der Waals surface area contributed by atoms with Crippen molar-refractivity contribution >= 4 is 5.91 Å². The molecule has 6 heteroatoms. The first kappa shape index (κ1) is 14.7. The highest BCUT2D eigenvalue weighted by atomic mass is 16.3. The summed E-state index contributed by atoms with van der Waals surface area (Å²) in [7, 11) is 0. The number of nitrogens with two attached hydrogens (primary N) is 1. The van der Waals surface area contributed by atoms with Gasteiger partial charge in [-0.05, 0) is 36.6 Å². The van der Waals surface area contributed by atoms with Gasteiger partial charge in [0.05, 0.1) is 6.33 Å². The average molecular weight is 300 g/mol. The molecule has 1 aromatic heterocycles. The lowest BCUT2D eigenvalue weighted by Crippen LogP contribution is -2.32. The zero-order chi connectivity index (χ0) is 15.5. The van der Waals surface area contributed by atoms with Crippen LogP contribution >= 0.6 is 0 Å². The average Bonchev–Trinajstić information content (AvgIpc) is 3.18. The summed E-state index contributed by atoms with van der Waals surface area (Å²) in [5, 5.41) is 9.04. The third-order valence-electron chi connectivity index (χ3n) is 4.20. The van der Waals surface area contributed by atoms with Gasteiger partial charge in [-0.25, -0.2) is 4.98 Å². The molecule has 2 atom stereocenters. The van der Waals surface area contributed by atoms with Gasteiger partial charge in [0.15, 0.2) is 0 Å². The van der Waals surface area contributed by atoms with E-state index in [2.05, 4.69) is 4.98 Å². The number of rotatable bonds is 4. The molecule has 1 aliphatic heterocycles. The van der Waals surface area contributed by atoms with Gasteiger partial charge in [0, 0.05) is 49.4 Å². The Labute approximate surface area is 129 Å². The second kappa shape index (κ2) is 6.29. The summed E-state index contributed by atoms with van der Waals surface area (Å²) in [4.78, 5) is 18.3. The van der Waals surface area contributed by atoms with Crippen LogP contribution in [0.5, 0.6) is 0 Å². The number of aliphatic hydroxyl groups is 1. The summed E-state index contributed by atoms with van der Waals surface area (Å²) < 4.78 is 1.89. The fourth-order valence-electron chi connectivity index (χ4n) is 2.90. The number of amides is 1. The summed E-state index contributed by atoms with van der Waals surface area (Å²) in [5.41, 5.74) is 7.66. The minimum atomic E-state index is -0.0543. The second-order valence-corrected chi connectivity index (χ2v) is 5.66. The first-order chi connectivity index (χ1) is 10.7. The van der Waals surface area contributed by atoms with Crippen molar-refractivity contribution < 1.29 is 9.90 Å². The van der Waals surface area contributed by atoms with Crippen molar-refractivity contribution in [2.24, 2.45) is 11.7 Å². The topological polar surface area (TPSA) is 84.4 Å². The Balaban J connectivity index is 1.70. The predicted octanol–water partition coefficient (Wildman–Crippen LogP) is 0.654. The maximum absolute atomic E-state index is 12.5. The van der Waals surface area contributed by atoms with Crippen molar-refractivity contribution in [3.8, 4) is 5.69 Å². The number of benzene rings is 1. The van der Waals surface area contributed by atoms with E-state index >= 15 is 0 Å². The molecule has 1 fully saturated rings. The lowest BCUT2D eigenvalue weighted by Gasteiger charge is -2.16. The maximum Gasteiger partial charge on any atom is 0.253 e. The summed E-state index contributed by atoms with van der Waals surface area (Å²) in [6.07, 6.45) is 5.93. The largest absolute Gasteiger partial charge is 0.396 e. The molecule has 0 unspecified atom stereocenters. The molecule has 22 heavy (non-hydrogen) atoms. The first-order valence-corrected chi connectivity index (χ1v) is 7.43. The van der Waals surface area contributed by atoms with Crippen LogP contribution in [0, 0.1) is 5.92 Å². The van der Waals surface area contributed by atoms with Gasteiger partial charge in [0.2, 0.25) is 0 Å². The van der Waals surface area contributed by atoms with E-state index in [1.165, 1.54) is 0 Å². The fraction of sp³-hybridized carbons (Fsp3) is 0.375. The van der Waals surface area contributed by atoms with E-state index < -0.39 is 0 Å². The van der Waals surface area contributed by atoms with E-state index in [4.69, 9.17) is 10.8 Å². The highest BCUT2D eigenvalue weighted by Crippen LogP contribution is 2.21. The van der Waals surface area contributed by atoms with Gasteiger partial charge in [0.25, 0.3) is 5.91 Å². The molecular weight excluding hydrogens is 280 g/mol. The molecule has 2 heterocycles. The van der Waals surface area contributed by atoms with Crippen LogP contribution in [0.3, 0.4) is 0 Å². The molecule has 1 saturated heterocycles. The summed E-state index contributed by atoms with van der Waals surface area (Å²) >= 11 is 0. The molecule has 0 spiro atoms. The fourth-order valence-corrected chi connectivity index (χ4v) is 2.90. The lowest BCUT2D eigenvalue weighted by atomic mass is 10.0. The SMILES string of the molecule is N[C@H]1CN(C(=O)c2ccc(-n3ccnc3)cc2)C[C@@H]1CCO. The van der Waals surface area contributed by atoms with Crippen molar-refractivity contribution in [3.05, 3.63) is 48.5 Å². The molecule has 1 amide bonds. The number of aliphatic hydroxyl groups excluding tert-OH is 1. The van der Waals surface area contributed by atoms with Crippen LogP contribution < -0.4 is 5.73 Å². The Bertz CT molecular complexity index is 624. The number of hydrogen-bond acceptors (Lipinski definition) is 4. The number of carbonyl (C=O) groups is 1.